The zero-order chi connectivity index (χ0) is 10.8. The SMILES string of the molecule is CN1CCN(C=C2C(=O)CNC2=O)CC1. The Morgan fingerprint density at radius 3 is 2.40 bits per heavy atom. The molecule has 0 aromatic rings. The number of likely N-dealkylation sites (N-methyl/N-ethyl adjacent to an activating group) is 1. The van der Waals surface area contributed by atoms with Gasteiger partial charge in [-0.15, -0.1) is 0 Å². The van der Waals surface area contributed by atoms with Crippen molar-refractivity contribution in [2.24, 2.45) is 0 Å². The van der Waals surface area contributed by atoms with Crippen LogP contribution in [0.1, 0.15) is 0 Å². The van der Waals surface area contributed by atoms with Crippen LogP contribution in [-0.2, 0) is 9.59 Å². The standard InChI is InChI=1S/C10H15N3O2/c1-12-2-4-13(5-3-12)7-8-9(14)6-11-10(8)15/h7H,2-6H2,1H3,(H,11,15). The van der Waals surface area contributed by atoms with Gasteiger partial charge in [0.25, 0.3) is 5.91 Å². The molecule has 0 saturated carbocycles. The second kappa shape index (κ2) is 4.02. The van der Waals surface area contributed by atoms with Crippen molar-refractivity contribution in [1.29, 1.82) is 0 Å². The zero-order valence-corrected chi connectivity index (χ0v) is 8.82. The van der Waals surface area contributed by atoms with Crippen LogP contribution in [0.4, 0.5) is 0 Å². The Hall–Kier alpha value is -1.36. The van der Waals surface area contributed by atoms with Crippen LogP contribution >= 0.6 is 0 Å². The number of rotatable bonds is 1. The maximum Gasteiger partial charge on any atom is 0.256 e. The molecule has 2 heterocycles. The molecule has 5 heteroatoms. The van der Waals surface area contributed by atoms with Gasteiger partial charge in [0.2, 0.25) is 0 Å². The minimum Gasteiger partial charge on any atom is -0.374 e. The monoisotopic (exact) mass is 209 g/mol. The molecule has 2 aliphatic heterocycles. The highest BCUT2D eigenvalue weighted by Crippen LogP contribution is 2.08. The lowest BCUT2D eigenvalue weighted by Crippen LogP contribution is -2.42. The summed E-state index contributed by atoms with van der Waals surface area (Å²) in [4.78, 5) is 26.9. The molecular formula is C10H15N3O2. The Balaban J connectivity index is 2.03. The molecule has 82 valence electrons. The molecule has 0 aromatic heterocycles. The molecule has 2 fully saturated rings. The third-order valence-corrected chi connectivity index (χ3v) is 2.80. The summed E-state index contributed by atoms with van der Waals surface area (Å²) in [7, 11) is 2.07. The molecule has 2 rings (SSSR count). The third-order valence-electron chi connectivity index (χ3n) is 2.80. The van der Waals surface area contributed by atoms with Gasteiger partial charge in [0.1, 0.15) is 5.57 Å². The molecule has 0 radical (unpaired) electrons. The molecule has 0 bridgehead atoms. The first-order valence-corrected chi connectivity index (χ1v) is 5.12. The first kappa shape index (κ1) is 10.2. The fourth-order valence-corrected chi connectivity index (χ4v) is 1.74. The topological polar surface area (TPSA) is 52.6 Å². The van der Waals surface area contributed by atoms with Crippen molar-refractivity contribution in [3.8, 4) is 0 Å². The molecule has 1 amide bonds. The highest BCUT2D eigenvalue weighted by atomic mass is 16.2. The van der Waals surface area contributed by atoms with Crippen molar-refractivity contribution in [3.05, 3.63) is 11.8 Å². The fourth-order valence-electron chi connectivity index (χ4n) is 1.74. The number of nitrogens with zero attached hydrogens (tertiary/aromatic N) is 2. The van der Waals surface area contributed by atoms with Crippen LogP contribution in [0.25, 0.3) is 0 Å². The van der Waals surface area contributed by atoms with E-state index in [1.165, 1.54) is 0 Å². The molecule has 2 aliphatic rings. The summed E-state index contributed by atoms with van der Waals surface area (Å²) >= 11 is 0. The van der Waals surface area contributed by atoms with Gasteiger partial charge in [-0.2, -0.15) is 0 Å². The average molecular weight is 209 g/mol. The van der Waals surface area contributed by atoms with Crippen LogP contribution in [0, 0.1) is 0 Å². The van der Waals surface area contributed by atoms with Crippen LogP contribution < -0.4 is 5.32 Å². The number of carbonyl (C=O) groups excluding carboxylic acids is 2. The van der Waals surface area contributed by atoms with Crippen LogP contribution in [0.3, 0.4) is 0 Å². The van der Waals surface area contributed by atoms with Crippen molar-refractivity contribution >= 4 is 11.7 Å². The lowest BCUT2D eigenvalue weighted by molar-refractivity contribution is -0.117. The van der Waals surface area contributed by atoms with E-state index >= 15 is 0 Å². The van der Waals surface area contributed by atoms with Crippen LogP contribution in [0.15, 0.2) is 11.8 Å². The molecule has 0 aromatic carbocycles. The molecule has 0 atom stereocenters. The van der Waals surface area contributed by atoms with Gasteiger partial charge < -0.3 is 15.1 Å². The van der Waals surface area contributed by atoms with Crippen molar-refractivity contribution in [2.45, 2.75) is 0 Å². The van der Waals surface area contributed by atoms with Gasteiger partial charge in [-0.05, 0) is 7.05 Å². The second-order valence-corrected chi connectivity index (χ2v) is 3.99. The Morgan fingerprint density at radius 2 is 1.87 bits per heavy atom. The fraction of sp³-hybridized carbons (Fsp3) is 0.600. The summed E-state index contributed by atoms with van der Waals surface area (Å²) in [6.07, 6.45) is 1.71. The first-order chi connectivity index (χ1) is 7.16. The summed E-state index contributed by atoms with van der Waals surface area (Å²) in [6, 6.07) is 0. The van der Waals surface area contributed by atoms with Crippen molar-refractivity contribution in [1.82, 2.24) is 15.1 Å². The van der Waals surface area contributed by atoms with E-state index in [0.29, 0.717) is 5.57 Å². The quantitative estimate of drug-likeness (QED) is 0.436. The summed E-state index contributed by atoms with van der Waals surface area (Å²) < 4.78 is 0. The van der Waals surface area contributed by atoms with E-state index in [1.807, 2.05) is 4.90 Å². The number of hydrogen-bond donors (Lipinski definition) is 1. The molecule has 15 heavy (non-hydrogen) atoms. The lowest BCUT2D eigenvalue weighted by Gasteiger charge is -2.31. The Morgan fingerprint density at radius 1 is 1.20 bits per heavy atom. The van der Waals surface area contributed by atoms with Gasteiger partial charge in [-0.3, -0.25) is 9.59 Å². The lowest BCUT2D eigenvalue weighted by atomic mass is 10.2. The minimum atomic E-state index is -0.237. The van der Waals surface area contributed by atoms with Crippen LogP contribution in [0.5, 0.6) is 0 Å². The van der Waals surface area contributed by atoms with Crippen LogP contribution in [-0.4, -0.2) is 61.3 Å². The van der Waals surface area contributed by atoms with Gasteiger partial charge >= 0.3 is 0 Å². The molecule has 1 N–H and O–H groups in total. The predicted octanol–water partition coefficient (Wildman–Crippen LogP) is -1.18. The number of ketones is 1. The minimum absolute atomic E-state index is 0.0982. The number of amides is 1. The molecule has 2 saturated heterocycles. The van der Waals surface area contributed by atoms with E-state index in [4.69, 9.17) is 0 Å². The maximum atomic E-state index is 11.3. The van der Waals surface area contributed by atoms with E-state index < -0.39 is 0 Å². The van der Waals surface area contributed by atoms with Crippen molar-refractivity contribution in [3.63, 3.8) is 0 Å². The van der Waals surface area contributed by atoms with Crippen molar-refractivity contribution < 1.29 is 9.59 Å². The second-order valence-electron chi connectivity index (χ2n) is 3.99. The molecule has 5 nitrogen and oxygen atoms in total. The van der Waals surface area contributed by atoms with Crippen LogP contribution in [0.2, 0.25) is 0 Å². The number of hydrogen-bond acceptors (Lipinski definition) is 4. The van der Waals surface area contributed by atoms with E-state index in [0.717, 1.165) is 26.2 Å². The Bertz CT molecular complexity index is 299. The number of carbonyl (C=O) groups is 2. The van der Waals surface area contributed by atoms with E-state index in [1.54, 1.807) is 6.20 Å². The largest absolute Gasteiger partial charge is 0.374 e. The van der Waals surface area contributed by atoms with E-state index in [-0.39, 0.29) is 18.2 Å². The van der Waals surface area contributed by atoms with Gasteiger partial charge in [0.15, 0.2) is 5.78 Å². The summed E-state index contributed by atoms with van der Waals surface area (Å²) in [5.41, 5.74) is 0.305. The normalized spacial score (nSPS) is 26.2. The molecule has 0 aliphatic carbocycles. The highest BCUT2D eigenvalue weighted by molar-refractivity contribution is 6.24. The van der Waals surface area contributed by atoms with Gasteiger partial charge in [-0.1, -0.05) is 0 Å². The highest BCUT2D eigenvalue weighted by Gasteiger charge is 2.26. The average Bonchev–Trinajstić information content (AvgIpc) is 2.53. The Kier molecular flexibility index (Phi) is 2.73. The smallest absolute Gasteiger partial charge is 0.256 e. The zero-order valence-electron chi connectivity index (χ0n) is 8.82. The maximum absolute atomic E-state index is 11.3. The number of Topliss-reactive ketones (excluding diaryl/α,β-unsaturated/α-hetero) is 1. The van der Waals surface area contributed by atoms with Crippen molar-refractivity contribution in [2.75, 3.05) is 39.8 Å². The number of piperazine rings is 1. The third kappa shape index (κ3) is 2.18. The summed E-state index contributed by atoms with van der Waals surface area (Å²) in [5.74, 6) is -0.335. The van der Waals surface area contributed by atoms with Gasteiger partial charge in [0.05, 0.1) is 6.54 Å². The van der Waals surface area contributed by atoms with Gasteiger partial charge in [-0.25, -0.2) is 0 Å². The van der Waals surface area contributed by atoms with Gasteiger partial charge in [0, 0.05) is 32.4 Å². The van der Waals surface area contributed by atoms with E-state index in [9.17, 15) is 9.59 Å². The molecule has 0 spiro atoms. The van der Waals surface area contributed by atoms with E-state index in [2.05, 4.69) is 17.3 Å². The number of nitrogens with one attached hydrogen (secondary N) is 1. The molecule has 0 unspecified atom stereocenters. The Labute approximate surface area is 88.7 Å². The molecular weight excluding hydrogens is 194 g/mol. The predicted molar refractivity (Wildman–Crippen MR) is 55.2 cm³/mol. The summed E-state index contributed by atoms with van der Waals surface area (Å²) in [5, 5.41) is 2.52. The first-order valence-electron chi connectivity index (χ1n) is 5.12. The summed E-state index contributed by atoms with van der Waals surface area (Å²) in [6.45, 7) is 3.85.